The van der Waals surface area contributed by atoms with Gasteiger partial charge in [0.1, 0.15) is 16.9 Å². The van der Waals surface area contributed by atoms with E-state index in [1.807, 2.05) is 0 Å². The molecule has 2 aliphatic rings. The normalized spacial score (nSPS) is 22.2. The fourth-order valence-corrected chi connectivity index (χ4v) is 6.71. The van der Waals surface area contributed by atoms with Crippen LogP contribution in [0.2, 0.25) is 0 Å². The first-order valence-corrected chi connectivity index (χ1v) is 13.8. The number of carbonyl (C=O) groups is 1. The number of carboxylic acids is 1. The molecule has 1 aromatic rings. The second kappa shape index (κ2) is 9.84. The van der Waals surface area contributed by atoms with E-state index in [-0.39, 0.29) is 22.2 Å². The third kappa shape index (κ3) is 5.49. The summed E-state index contributed by atoms with van der Waals surface area (Å²) in [5, 5.41) is 8.77. The Morgan fingerprint density at radius 1 is 1.30 bits per heavy atom. The predicted octanol–water partition coefficient (Wildman–Crippen LogP) is 4.87. The van der Waals surface area contributed by atoms with E-state index in [4.69, 9.17) is 9.84 Å². The Balaban J connectivity index is 2.13. The zero-order valence-corrected chi connectivity index (χ0v) is 21.4. The molecule has 10 heteroatoms. The van der Waals surface area contributed by atoms with Gasteiger partial charge < -0.3 is 14.7 Å². The molecule has 1 saturated carbocycles. The average Bonchev–Trinajstić information content (AvgIpc) is 3.23. The van der Waals surface area contributed by atoms with Crippen molar-refractivity contribution in [2.75, 3.05) is 24.7 Å². The molecule has 0 amide bonds. The van der Waals surface area contributed by atoms with Crippen LogP contribution in [0, 0.1) is 5.92 Å². The summed E-state index contributed by atoms with van der Waals surface area (Å²) in [6.45, 7) is 6.71. The third-order valence-corrected chi connectivity index (χ3v) is 9.18. The second-order valence-electron chi connectivity index (χ2n) is 9.70. The topological polar surface area (TPSA) is 87.1 Å². The summed E-state index contributed by atoms with van der Waals surface area (Å²) in [5.41, 5.74) is 0.221. The number of rotatable bonds is 6. The van der Waals surface area contributed by atoms with Crippen molar-refractivity contribution in [1.29, 1.82) is 0 Å². The number of benzene rings is 1. The zero-order valence-electron chi connectivity index (χ0n) is 19.8. The third-order valence-electron chi connectivity index (χ3n) is 6.48. The first-order chi connectivity index (χ1) is 15.4. The van der Waals surface area contributed by atoms with Crippen molar-refractivity contribution in [3.63, 3.8) is 0 Å². The largest absolute Gasteiger partial charge is 0.476 e. The lowest BCUT2D eigenvalue weighted by molar-refractivity contribution is -0.134. The maximum atomic E-state index is 13.7. The van der Waals surface area contributed by atoms with Gasteiger partial charge in [0.2, 0.25) is 15.9 Å². The standard InChI is InChI=1S/C23H33FN2O5S2/c1-23(2,3)26-13-16(10-15-8-6-7-9-15)25(4)33(29,30)21-12-19(20(32-5)11-18(21)26)31-14-17(24)22(27)28/h11-12,14-16H,6-10,13H2,1-5H3,(H,27,28)/b17-14-/t16-/m1/s1. The number of thioether (sulfide) groups is 1. The van der Waals surface area contributed by atoms with Crippen LogP contribution in [-0.4, -0.2) is 55.2 Å². The molecule has 0 unspecified atom stereocenters. The van der Waals surface area contributed by atoms with Gasteiger partial charge in [-0.1, -0.05) is 25.7 Å². The Morgan fingerprint density at radius 3 is 2.48 bits per heavy atom. The molecule has 1 aliphatic carbocycles. The quantitative estimate of drug-likeness (QED) is 0.339. The van der Waals surface area contributed by atoms with Crippen molar-refractivity contribution in [2.45, 2.75) is 74.2 Å². The van der Waals surface area contributed by atoms with Gasteiger partial charge in [0, 0.05) is 31.2 Å². The average molecular weight is 501 g/mol. The van der Waals surface area contributed by atoms with Crippen LogP contribution in [0.1, 0.15) is 52.9 Å². The van der Waals surface area contributed by atoms with Crippen molar-refractivity contribution >= 4 is 33.4 Å². The smallest absolute Gasteiger partial charge is 0.368 e. The van der Waals surface area contributed by atoms with Crippen LogP contribution in [0.5, 0.6) is 5.75 Å². The number of aliphatic carboxylic acids is 1. The number of halogens is 1. The Bertz CT molecular complexity index is 1030. The SMILES string of the molecule is CSc1cc2c(cc1O/C=C(\F)C(=O)O)S(=O)(=O)N(C)[C@H](CC1CCCC1)CN2C(C)(C)C. The Morgan fingerprint density at radius 2 is 1.94 bits per heavy atom. The van der Waals surface area contributed by atoms with Crippen LogP contribution in [0.25, 0.3) is 0 Å². The molecule has 184 valence electrons. The van der Waals surface area contributed by atoms with Crippen LogP contribution in [0.3, 0.4) is 0 Å². The first-order valence-electron chi connectivity index (χ1n) is 11.1. The summed E-state index contributed by atoms with van der Waals surface area (Å²) in [6.07, 6.45) is 7.73. The van der Waals surface area contributed by atoms with Gasteiger partial charge in [-0.3, -0.25) is 0 Å². The number of carboxylic acid groups (broad SMARTS) is 1. The number of anilines is 1. The lowest BCUT2D eigenvalue weighted by Crippen LogP contribution is -2.49. The van der Waals surface area contributed by atoms with Crippen LogP contribution in [-0.2, 0) is 14.8 Å². The molecule has 3 rings (SSSR count). The molecular formula is C23H33FN2O5S2. The lowest BCUT2D eigenvalue weighted by Gasteiger charge is -2.40. The van der Waals surface area contributed by atoms with Crippen molar-refractivity contribution in [2.24, 2.45) is 5.92 Å². The van der Waals surface area contributed by atoms with Gasteiger partial charge in [-0.05, 0) is 45.4 Å². The minimum Gasteiger partial charge on any atom is -0.476 e. The number of fused-ring (bicyclic) bond motifs is 1. The van der Waals surface area contributed by atoms with E-state index in [2.05, 4.69) is 25.7 Å². The van der Waals surface area contributed by atoms with Gasteiger partial charge in [0.15, 0.2) is 0 Å². The maximum absolute atomic E-state index is 13.7. The van der Waals surface area contributed by atoms with Gasteiger partial charge >= 0.3 is 5.97 Å². The molecule has 1 aliphatic heterocycles. The molecule has 1 heterocycles. The first kappa shape index (κ1) is 25.8. The van der Waals surface area contributed by atoms with Crippen molar-refractivity contribution < 1.29 is 27.4 Å². The van der Waals surface area contributed by atoms with E-state index in [1.165, 1.54) is 35.0 Å². The van der Waals surface area contributed by atoms with E-state index in [9.17, 15) is 17.6 Å². The maximum Gasteiger partial charge on any atom is 0.368 e. The molecule has 0 radical (unpaired) electrons. The number of likely N-dealkylation sites (N-methyl/N-ethyl adjacent to an activating group) is 1. The van der Waals surface area contributed by atoms with Crippen molar-refractivity contribution in [3.05, 3.63) is 24.2 Å². The Hall–Kier alpha value is -1.78. The summed E-state index contributed by atoms with van der Waals surface area (Å²) < 4.78 is 47.8. The van der Waals surface area contributed by atoms with Gasteiger partial charge in [0.05, 0.1) is 10.6 Å². The summed E-state index contributed by atoms with van der Waals surface area (Å²) >= 11 is 1.32. The number of sulfonamides is 1. The number of ether oxygens (including phenoxy) is 1. The highest BCUT2D eigenvalue weighted by Gasteiger charge is 2.41. The van der Waals surface area contributed by atoms with Crippen LogP contribution < -0.4 is 9.64 Å². The van der Waals surface area contributed by atoms with Crippen LogP contribution >= 0.6 is 11.8 Å². The van der Waals surface area contributed by atoms with Crippen molar-refractivity contribution in [1.82, 2.24) is 4.31 Å². The van der Waals surface area contributed by atoms with Gasteiger partial charge in [-0.25, -0.2) is 13.2 Å². The fraction of sp³-hybridized carbons (Fsp3) is 0.609. The fourth-order valence-electron chi connectivity index (χ4n) is 4.63. The molecule has 0 bridgehead atoms. The number of hydrogen-bond acceptors (Lipinski definition) is 6. The number of hydrogen-bond donors (Lipinski definition) is 1. The van der Waals surface area contributed by atoms with E-state index >= 15 is 0 Å². The molecule has 7 nitrogen and oxygen atoms in total. The van der Waals surface area contributed by atoms with E-state index in [1.54, 1.807) is 19.4 Å². The molecule has 0 spiro atoms. The molecule has 1 aromatic carbocycles. The summed E-state index contributed by atoms with van der Waals surface area (Å²) in [7, 11) is -2.25. The minimum atomic E-state index is -3.87. The molecule has 1 atom stereocenters. The monoisotopic (exact) mass is 500 g/mol. The van der Waals surface area contributed by atoms with Crippen molar-refractivity contribution in [3.8, 4) is 5.75 Å². The highest BCUT2D eigenvalue weighted by molar-refractivity contribution is 7.98. The Kier molecular flexibility index (Phi) is 7.70. The molecule has 33 heavy (non-hydrogen) atoms. The Labute approximate surface area is 200 Å². The molecule has 1 N–H and O–H groups in total. The minimum absolute atomic E-state index is 0.0748. The molecule has 0 aromatic heterocycles. The summed E-state index contributed by atoms with van der Waals surface area (Å²) in [5.74, 6) is -2.61. The summed E-state index contributed by atoms with van der Waals surface area (Å²) in [6, 6.07) is 2.95. The zero-order chi connectivity index (χ0) is 24.6. The second-order valence-corrected chi connectivity index (χ2v) is 12.5. The van der Waals surface area contributed by atoms with Gasteiger partial charge in [-0.2, -0.15) is 8.70 Å². The van der Waals surface area contributed by atoms with E-state index in [0.717, 1.165) is 19.3 Å². The van der Waals surface area contributed by atoms with E-state index in [0.29, 0.717) is 29.3 Å². The molecule has 0 saturated heterocycles. The molecular weight excluding hydrogens is 467 g/mol. The highest BCUT2D eigenvalue weighted by Crippen LogP contribution is 2.44. The number of nitrogens with zero attached hydrogens (tertiary/aromatic N) is 2. The van der Waals surface area contributed by atoms with Gasteiger partial charge in [0.25, 0.3) is 0 Å². The van der Waals surface area contributed by atoms with Gasteiger partial charge in [-0.15, -0.1) is 11.8 Å². The van der Waals surface area contributed by atoms with Crippen LogP contribution in [0.15, 0.2) is 34.0 Å². The summed E-state index contributed by atoms with van der Waals surface area (Å²) in [4.78, 5) is 13.6. The van der Waals surface area contributed by atoms with Crippen LogP contribution in [0.4, 0.5) is 10.1 Å². The predicted molar refractivity (Wildman–Crippen MR) is 128 cm³/mol. The van der Waals surface area contributed by atoms with E-state index < -0.39 is 21.8 Å². The highest BCUT2D eigenvalue weighted by atomic mass is 32.2. The lowest BCUT2D eigenvalue weighted by atomic mass is 9.96. The molecule has 1 fully saturated rings.